The summed E-state index contributed by atoms with van der Waals surface area (Å²) in [7, 11) is 0. The van der Waals surface area contributed by atoms with Gasteiger partial charge in [-0.2, -0.15) is 5.01 Å². The number of aliphatic hydroxyl groups is 3. The van der Waals surface area contributed by atoms with Crippen LogP contribution in [0.3, 0.4) is 0 Å². The average Bonchev–Trinajstić information content (AvgIpc) is 2.48. The van der Waals surface area contributed by atoms with Gasteiger partial charge in [-0.25, -0.2) is 4.79 Å². The summed E-state index contributed by atoms with van der Waals surface area (Å²) in [5.41, 5.74) is 0. The molecule has 3 N–H and O–H groups in total. The molecule has 10 heteroatoms. The third kappa shape index (κ3) is 4.11. The Bertz CT molecular complexity index is 385. The van der Waals surface area contributed by atoms with Crippen molar-refractivity contribution in [3.05, 3.63) is 17.6 Å². The molecule has 2 amide bonds. The van der Waals surface area contributed by atoms with Crippen LogP contribution in [0.25, 0.3) is 0 Å². The Balaban J connectivity index is 2.92. The molecule has 1 saturated heterocycles. The Morgan fingerprint density at radius 3 is 2.62 bits per heavy atom. The van der Waals surface area contributed by atoms with E-state index in [1.54, 1.807) is 0 Å². The van der Waals surface area contributed by atoms with Crippen molar-refractivity contribution in [2.24, 2.45) is 5.29 Å². The maximum absolute atomic E-state index is 12.2. The molecule has 1 aliphatic rings. The van der Waals surface area contributed by atoms with Crippen molar-refractivity contribution in [1.82, 2.24) is 9.91 Å². The first kappa shape index (κ1) is 17.8. The topological polar surface area (TPSA) is 123 Å². The minimum absolute atomic E-state index is 0.00513. The number of amides is 2. The van der Waals surface area contributed by atoms with Gasteiger partial charge in [0.2, 0.25) is 0 Å². The number of aliphatic hydroxyl groups excluding tert-OH is 3. The minimum Gasteiger partial charge on any atom is -0.388 e. The van der Waals surface area contributed by atoms with Gasteiger partial charge in [-0.05, 0) is 0 Å². The third-order valence-corrected chi connectivity index (χ3v) is 3.14. The van der Waals surface area contributed by atoms with Crippen LogP contribution in [0.1, 0.15) is 0 Å². The third-order valence-electron chi connectivity index (χ3n) is 2.97. The van der Waals surface area contributed by atoms with E-state index in [9.17, 15) is 25.0 Å². The lowest BCUT2D eigenvalue weighted by Crippen LogP contribution is -2.61. The number of nitroso groups, excluding NO2 is 1. The fourth-order valence-corrected chi connectivity index (χ4v) is 2.05. The summed E-state index contributed by atoms with van der Waals surface area (Å²) in [6, 6.07) is -0.849. The van der Waals surface area contributed by atoms with E-state index in [0.717, 1.165) is 4.90 Å². The van der Waals surface area contributed by atoms with Crippen LogP contribution in [0.5, 0.6) is 0 Å². The first-order valence-electron chi connectivity index (χ1n) is 6.22. The quantitative estimate of drug-likeness (QED) is 0.256. The van der Waals surface area contributed by atoms with Crippen molar-refractivity contribution in [2.45, 2.75) is 24.5 Å². The van der Waals surface area contributed by atoms with Gasteiger partial charge in [0, 0.05) is 12.4 Å². The van der Waals surface area contributed by atoms with Gasteiger partial charge >= 0.3 is 6.03 Å². The second kappa shape index (κ2) is 8.25. The maximum atomic E-state index is 12.2. The van der Waals surface area contributed by atoms with E-state index < -0.39 is 30.6 Å². The molecule has 1 aliphatic heterocycles. The van der Waals surface area contributed by atoms with Gasteiger partial charge in [0.25, 0.3) is 0 Å². The van der Waals surface area contributed by atoms with Crippen LogP contribution < -0.4 is 0 Å². The highest BCUT2D eigenvalue weighted by atomic mass is 35.5. The van der Waals surface area contributed by atoms with Gasteiger partial charge in [-0.3, -0.25) is 4.90 Å². The molecule has 21 heavy (non-hydrogen) atoms. The van der Waals surface area contributed by atoms with Gasteiger partial charge in [0.05, 0.1) is 18.4 Å². The van der Waals surface area contributed by atoms with Crippen LogP contribution in [0.2, 0.25) is 0 Å². The second-order valence-electron chi connectivity index (χ2n) is 4.39. The predicted molar refractivity (Wildman–Crippen MR) is 73.3 cm³/mol. The zero-order chi connectivity index (χ0) is 16.0. The molecule has 0 saturated carbocycles. The lowest BCUT2D eigenvalue weighted by Gasteiger charge is -2.41. The molecular formula is C11H18ClN3O6. The van der Waals surface area contributed by atoms with Crippen molar-refractivity contribution >= 4 is 17.6 Å². The molecule has 1 heterocycles. The van der Waals surface area contributed by atoms with E-state index >= 15 is 0 Å². The predicted octanol–water partition coefficient (Wildman–Crippen LogP) is -0.744. The molecule has 4 atom stereocenters. The molecule has 120 valence electrons. The van der Waals surface area contributed by atoms with Crippen LogP contribution in [-0.4, -0.2) is 81.4 Å². The summed E-state index contributed by atoms with van der Waals surface area (Å²) in [5.74, 6) is -0.00513. The average molecular weight is 324 g/mol. The standard InChI is InChI=1S/C11H18ClN3O6/c1-2-4-14(11(19)15(13-20)5-3-12)10-9(18)8(17)7(16)6-21-10/h2,7-10,16-18H,1,3-6H2/t7-,8-,9+,10?/m0/s1. The highest BCUT2D eigenvalue weighted by molar-refractivity contribution is 6.18. The molecule has 0 aromatic carbocycles. The number of carbonyl (C=O) groups excluding carboxylic acids is 1. The van der Waals surface area contributed by atoms with E-state index in [1.165, 1.54) is 6.08 Å². The van der Waals surface area contributed by atoms with Crippen LogP contribution >= 0.6 is 11.6 Å². The second-order valence-corrected chi connectivity index (χ2v) is 4.77. The molecule has 0 spiro atoms. The smallest absolute Gasteiger partial charge is 0.345 e. The van der Waals surface area contributed by atoms with Gasteiger partial charge in [-0.1, -0.05) is 6.08 Å². The van der Waals surface area contributed by atoms with E-state index in [1.807, 2.05) is 0 Å². The fourth-order valence-electron chi connectivity index (χ4n) is 1.89. The number of halogens is 1. The Morgan fingerprint density at radius 2 is 2.10 bits per heavy atom. The Hall–Kier alpha value is -1.26. The van der Waals surface area contributed by atoms with Crippen molar-refractivity contribution in [3.8, 4) is 0 Å². The molecule has 1 unspecified atom stereocenters. The molecule has 0 aromatic rings. The van der Waals surface area contributed by atoms with E-state index in [-0.39, 0.29) is 25.6 Å². The molecule has 1 fully saturated rings. The van der Waals surface area contributed by atoms with Crippen LogP contribution in [0.4, 0.5) is 4.79 Å². The minimum atomic E-state index is -1.54. The lowest BCUT2D eigenvalue weighted by molar-refractivity contribution is -0.219. The van der Waals surface area contributed by atoms with Gasteiger partial charge < -0.3 is 20.1 Å². The fraction of sp³-hybridized carbons (Fsp3) is 0.727. The van der Waals surface area contributed by atoms with E-state index in [2.05, 4.69) is 11.9 Å². The Labute approximate surface area is 126 Å². The van der Waals surface area contributed by atoms with Crippen molar-refractivity contribution < 1.29 is 24.9 Å². The zero-order valence-electron chi connectivity index (χ0n) is 11.2. The lowest BCUT2D eigenvalue weighted by atomic mass is 10.0. The summed E-state index contributed by atoms with van der Waals surface area (Å²) < 4.78 is 5.18. The van der Waals surface area contributed by atoms with Crippen molar-refractivity contribution in [2.75, 3.05) is 25.6 Å². The molecule has 0 bridgehead atoms. The highest BCUT2D eigenvalue weighted by Gasteiger charge is 2.43. The van der Waals surface area contributed by atoms with Crippen molar-refractivity contribution in [3.63, 3.8) is 0 Å². The first-order chi connectivity index (χ1) is 9.97. The summed E-state index contributed by atoms with van der Waals surface area (Å²) in [5, 5.41) is 32.1. The molecule has 1 rings (SSSR count). The SMILES string of the molecule is C=CCN(C(=O)N(CCCl)N=O)C1OC[C@H](O)[C@H](O)[C@H]1O. The van der Waals surface area contributed by atoms with E-state index in [0.29, 0.717) is 5.01 Å². The van der Waals surface area contributed by atoms with Crippen LogP contribution in [-0.2, 0) is 4.74 Å². The number of ether oxygens (including phenoxy) is 1. The molecule has 0 radical (unpaired) electrons. The molecule has 0 aromatic heterocycles. The molecule has 0 aliphatic carbocycles. The monoisotopic (exact) mass is 323 g/mol. The Kier molecular flexibility index (Phi) is 6.99. The number of carbonyl (C=O) groups is 1. The summed E-state index contributed by atoms with van der Waals surface area (Å²) in [4.78, 5) is 23.9. The number of nitrogens with zero attached hydrogens (tertiary/aromatic N) is 3. The summed E-state index contributed by atoms with van der Waals surface area (Å²) in [6.45, 7) is 3.02. The number of rotatable bonds is 6. The largest absolute Gasteiger partial charge is 0.388 e. The number of hydrogen-bond acceptors (Lipinski definition) is 7. The van der Waals surface area contributed by atoms with Gasteiger partial charge in [0.15, 0.2) is 6.23 Å². The van der Waals surface area contributed by atoms with Crippen LogP contribution in [0.15, 0.2) is 17.9 Å². The van der Waals surface area contributed by atoms with Crippen LogP contribution in [0, 0.1) is 4.91 Å². The summed E-state index contributed by atoms with van der Waals surface area (Å²) >= 11 is 5.47. The summed E-state index contributed by atoms with van der Waals surface area (Å²) in [6.07, 6.45) is -4.17. The normalized spacial score (nSPS) is 28.8. The van der Waals surface area contributed by atoms with Gasteiger partial charge in [-0.15, -0.1) is 23.1 Å². The van der Waals surface area contributed by atoms with E-state index in [4.69, 9.17) is 16.3 Å². The zero-order valence-corrected chi connectivity index (χ0v) is 12.0. The number of urea groups is 1. The van der Waals surface area contributed by atoms with Crippen molar-refractivity contribution in [1.29, 1.82) is 0 Å². The first-order valence-corrected chi connectivity index (χ1v) is 6.75. The molecule has 9 nitrogen and oxygen atoms in total. The van der Waals surface area contributed by atoms with Gasteiger partial charge in [0.1, 0.15) is 18.3 Å². The highest BCUT2D eigenvalue weighted by Crippen LogP contribution is 2.20. The maximum Gasteiger partial charge on any atom is 0.345 e. The number of hydrogen-bond donors (Lipinski definition) is 3. The molecular weight excluding hydrogens is 306 g/mol. The Morgan fingerprint density at radius 1 is 1.43 bits per heavy atom. The number of alkyl halides is 1.